The molecule has 5 nitrogen and oxygen atoms in total. The molecule has 5 heteroatoms. The van der Waals surface area contributed by atoms with Gasteiger partial charge < -0.3 is 10.1 Å². The molecule has 0 bridgehead atoms. The van der Waals surface area contributed by atoms with E-state index < -0.39 is 17.7 Å². The Morgan fingerprint density at radius 2 is 2.28 bits per heavy atom. The number of amides is 1. The van der Waals surface area contributed by atoms with E-state index in [4.69, 9.17) is 10.00 Å². The molecule has 96 valence electrons. The quantitative estimate of drug-likeness (QED) is 0.886. The van der Waals surface area contributed by atoms with Crippen LogP contribution in [0.3, 0.4) is 0 Å². The van der Waals surface area contributed by atoms with E-state index in [2.05, 4.69) is 10.3 Å². The first kappa shape index (κ1) is 14.0. The molecule has 0 aromatic carbocycles. The average molecular weight is 247 g/mol. The van der Waals surface area contributed by atoms with Crippen molar-refractivity contribution < 1.29 is 9.53 Å². The van der Waals surface area contributed by atoms with Gasteiger partial charge in [0.05, 0.1) is 6.07 Å². The van der Waals surface area contributed by atoms with Gasteiger partial charge in [0.2, 0.25) is 0 Å². The number of aromatic nitrogens is 1. The Hall–Kier alpha value is -2.09. The SMILES string of the molecule is CC(C)(C)OC(=O)NC(C#N)Cc1ccccn1. The molecule has 0 saturated carbocycles. The number of alkyl carbamates (subject to hydrolysis) is 1. The van der Waals surface area contributed by atoms with E-state index in [1.54, 1.807) is 39.1 Å². The molecule has 1 unspecified atom stereocenters. The van der Waals surface area contributed by atoms with E-state index in [0.717, 1.165) is 5.69 Å². The van der Waals surface area contributed by atoms with Crippen molar-refractivity contribution in [3.05, 3.63) is 30.1 Å². The summed E-state index contributed by atoms with van der Waals surface area (Å²) in [5.74, 6) is 0. The number of pyridine rings is 1. The Balaban J connectivity index is 2.54. The Bertz CT molecular complexity index is 432. The predicted molar refractivity (Wildman–Crippen MR) is 66.7 cm³/mol. The molecular weight excluding hydrogens is 230 g/mol. The van der Waals surface area contributed by atoms with Gasteiger partial charge in [0, 0.05) is 18.3 Å². The molecule has 0 spiro atoms. The van der Waals surface area contributed by atoms with Gasteiger partial charge in [-0.25, -0.2) is 4.79 Å². The third-order valence-corrected chi connectivity index (χ3v) is 1.99. The van der Waals surface area contributed by atoms with Crippen LogP contribution in [-0.4, -0.2) is 22.7 Å². The van der Waals surface area contributed by atoms with E-state index in [-0.39, 0.29) is 0 Å². The van der Waals surface area contributed by atoms with Crippen LogP contribution in [0.2, 0.25) is 0 Å². The first-order valence-electron chi connectivity index (χ1n) is 5.70. The second-order valence-corrected chi connectivity index (χ2v) is 4.85. The number of nitriles is 1. The molecule has 1 atom stereocenters. The maximum absolute atomic E-state index is 11.5. The van der Waals surface area contributed by atoms with Crippen molar-refractivity contribution in [2.45, 2.75) is 38.8 Å². The molecule has 1 N–H and O–H groups in total. The van der Waals surface area contributed by atoms with Crippen molar-refractivity contribution in [3.63, 3.8) is 0 Å². The van der Waals surface area contributed by atoms with Crippen LogP contribution in [0.15, 0.2) is 24.4 Å². The number of hydrogen-bond acceptors (Lipinski definition) is 4. The monoisotopic (exact) mass is 247 g/mol. The second-order valence-electron chi connectivity index (χ2n) is 4.85. The van der Waals surface area contributed by atoms with Gasteiger partial charge in [-0.05, 0) is 32.9 Å². The Kier molecular flexibility index (Phi) is 4.67. The highest BCUT2D eigenvalue weighted by Crippen LogP contribution is 2.07. The van der Waals surface area contributed by atoms with E-state index in [1.165, 1.54) is 0 Å². The number of carbonyl (C=O) groups excluding carboxylic acids is 1. The predicted octanol–water partition coefficient (Wildman–Crippen LogP) is 2.04. The van der Waals surface area contributed by atoms with Gasteiger partial charge in [-0.15, -0.1) is 0 Å². The zero-order chi connectivity index (χ0) is 13.6. The van der Waals surface area contributed by atoms with Gasteiger partial charge in [0.15, 0.2) is 0 Å². The summed E-state index contributed by atoms with van der Waals surface area (Å²) in [4.78, 5) is 15.6. The van der Waals surface area contributed by atoms with Crippen LogP contribution in [0.1, 0.15) is 26.5 Å². The first-order valence-corrected chi connectivity index (χ1v) is 5.70. The minimum absolute atomic E-state index is 0.358. The zero-order valence-corrected chi connectivity index (χ0v) is 10.8. The molecule has 0 fully saturated rings. The summed E-state index contributed by atoms with van der Waals surface area (Å²) in [5.41, 5.74) is 0.176. The van der Waals surface area contributed by atoms with Crippen molar-refractivity contribution in [3.8, 4) is 6.07 Å². The van der Waals surface area contributed by atoms with Crippen LogP contribution < -0.4 is 5.32 Å². The first-order chi connectivity index (χ1) is 8.40. The highest BCUT2D eigenvalue weighted by molar-refractivity contribution is 5.68. The smallest absolute Gasteiger partial charge is 0.408 e. The van der Waals surface area contributed by atoms with Crippen LogP contribution in [0.5, 0.6) is 0 Å². The van der Waals surface area contributed by atoms with Crippen molar-refractivity contribution in [1.29, 1.82) is 5.26 Å². The van der Waals surface area contributed by atoms with E-state index in [1.807, 2.05) is 12.1 Å². The van der Waals surface area contributed by atoms with Gasteiger partial charge in [0.25, 0.3) is 0 Å². The van der Waals surface area contributed by atoms with Gasteiger partial charge in [-0.1, -0.05) is 6.07 Å². The third-order valence-electron chi connectivity index (χ3n) is 1.99. The molecule has 0 radical (unpaired) electrons. The standard InChI is InChI=1S/C13H17N3O2/c1-13(2,3)18-12(17)16-11(9-14)8-10-6-4-5-7-15-10/h4-7,11H,8H2,1-3H3,(H,16,17). The topological polar surface area (TPSA) is 75.0 Å². The molecular formula is C13H17N3O2. The number of carbonyl (C=O) groups is 1. The van der Waals surface area contributed by atoms with Gasteiger partial charge >= 0.3 is 6.09 Å². The van der Waals surface area contributed by atoms with Crippen LogP contribution in [-0.2, 0) is 11.2 Å². The Morgan fingerprint density at radius 1 is 1.56 bits per heavy atom. The molecule has 0 aliphatic heterocycles. The molecule has 0 aliphatic carbocycles. The lowest BCUT2D eigenvalue weighted by molar-refractivity contribution is 0.0515. The van der Waals surface area contributed by atoms with Crippen LogP contribution >= 0.6 is 0 Å². The number of rotatable bonds is 3. The van der Waals surface area contributed by atoms with Crippen LogP contribution in [0, 0.1) is 11.3 Å². The van der Waals surface area contributed by atoms with Crippen molar-refractivity contribution in [2.75, 3.05) is 0 Å². The van der Waals surface area contributed by atoms with Crippen molar-refractivity contribution in [2.24, 2.45) is 0 Å². The third kappa shape index (κ3) is 5.30. The lowest BCUT2D eigenvalue weighted by atomic mass is 10.1. The fourth-order valence-electron chi connectivity index (χ4n) is 1.31. The molecule has 1 aromatic heterocycles. The zero-order valence-electron chi connectivity index (χ0n) is 10.8. The minimum atomic E-state index is -0.644. The van der Waals surface area contributed by atoms with Crippen LogP contribution in [0.4, 0.5) is 4.79 Å². The van der Waals surface area contributed by atoms with Gasteiger partial charge in [-0.3, -0.25) is 4.98 Å². The molecule has 0 aliphatic rings. The molecule has 0 saturated heterocycles. The fourth-order valence-corrected chi connectivity index (χ4v) is 1.31. The van der Waals surface area contributed by atoms with E-state index in [9.17, 15) is 4.79 Å². The highest BCUT2D eigenvalue weighted by Gasteiger charge is 2.19. The number of nitrogens with one attached hydrogen (secondary N) is 1. The normalized spacial score (nSPS) is 12.3. The summed E-state index contributed by atoms with van der Waals surface area (Å²) in [7, 11) is 0. The Labute approximate surface area is 107 Å². The van der Waals surface area contributed by atoms with Gasteiger partial charge in [0.1, 0.15) is 11.6 Å². The Morgan fingerprint density at radius 3 is 2.78 bits per heavy atom. The second kappa shape index (κ2) is 6.01. The van der Waals surface area contributed by atoms with E-state index >= 15 is 0 Å². The summed E-state index contributed by atoms with van der Waals surface area (Å²) in [6, 6.07) is 6.81. The molecule has 1 aromatic rings. The van der Waals surface area contributed by atoms with E-state index in [0.29, 0.717) is 6.42 Å². The number of nitrogens with zero attached hydrogens (tertiary/aromatic N) is 2. The highest BCUT2D eigenvalue weighted by atomic mass is 16.6. The summed E-state index contributed by atoms with van der Waals surface area (Å²) in [6.07, 6.45) is 1.42. The minimum Gasteiger partial charge on any atom is -0.444 e. The average Bonchev–Trinajstić information content (AvgIpc) is 2.27. The molecule has 1 rings (SSSR count). The van der Waals surface area contributed by atoms with Crippen molar-refractivity contribution in [1.82, 2.24) is 10.3 Å². The maximum atomic E-state index is 11.5. The number of ether oxygens (including phenoxy) is 1. The largest absolute Gasteiger partial charge is 0.444 e. The number of hydrogen-bond donors (Lipinski definition) is 1. The molecule has 18 heavy (non-hydrogen) atoms. The summed E-state index contributed by atoms with van der Waals surface area (Å²) >= 11 is 0. The van der Waals surface area contributed by atoms with Crippen molar-refractivity contribution >= 4 is 6.09 Å². The van der Waals surface area contributed by atoms with Crippen LogP contribution in [0.25, 0.3) is 0 Å². The fraction of sp³-hybridized carbons (Fsp3) is 0.462. The summed E-state index contributed by atoms with van der Waals surface area (Å²) in [6.45, 7) is 5.31. The molecule has 1 amide bonds. The lowest BCUT2D eigenvalue weighted by Crippen LogP contribution is -2.39. The lowest BCUT2D eigenvalue weighted by Gasteiger charge is -2.21. The summed E-state index contributed by atoms with van der Waals surface area (Å²) in [5, 5.41) is 11.5. The van der Waals surface area contributed by atoms with Gasteiger partial charge in [-0.2, -0.15) is 5.26 Å². The summed E-state index contributed by atoms with van der Waals surface area (Å²) < 4.78 is 5.09. The molecule has 1 heterocycles. The maximum Gasteiger partial charge on any atom is 0.408 e.